The maximum atomic E-state index is 12.2. The van der Waals surface area contributed by atoms with E-state index in [1.54, 1.807) is 17.5 Å². The lowest BCUT2D eigenvalue weighted by atomic mass is 10.2. The van der Waals surface area contributed by atoms with Crippen LogP contribution in [0.5, 0.6) is 0 Å². The van der Waals surface area contributed by atoms with Crippen molar-refractivity contribution in [1.82, 2.24) is 15.1 Å². The van der Waals surface area contributed by atoms with Crippen LogP contribution >= 0.6 is 11.3 Å². The van der Waals surface area contributed by atoms with Gasteiger partial charge in [0.2, 0.25) is 0 Å². The highest BCUT2D eigenvalue weighted by Gasteiger charge is 2.19. The lowest BCUT2D eigenvalue weighted by Gasteiger charge is -2.13. The predicted octanol–water partition coefficient (Wildman–Crippen LogP) is 2.25. The zero-order valence-electron chi connectivity index (χ0n) is 10.9. The highest BCUT2D eigenvalue weighted by Crippen LogP contribution is 2.30. The summed E-state index contributed by atoms with van der Waals surface area (Å²) < 4.78 is 1.83. The van der Waals surface area contributed by atoms with E-state index in [-0.39, 0.29) is 11.9 Å². The average Bonchev–Trinajstić information content (AvgIpc) is 3.02. The molecule has 2 aromatic heterocycles. The summed E-state index contributed by atoms with van der Waals surface area (Å²) >= 11 is 1.65. The third kappa shape index (κ3) is 2.71. The van der Waals surface area contributed by atoms with E-state index in [2.05, 4.69) is 16.5 Å². The predicted molar refractivity (Wildman–Crippen MR) is 75.5 cm³/mol. The molecule has 0 aliphatic heterocycles. The molecule has 1 atom stereocenters. The fraction of sp³-hybridized carbons (Fsp3) is 0.429. The molecule has 2 heterocycles. The van der Waals surface area contributed by atoms with Crippen LogP contribution in [0.2, 0.25) is 0 Å². The van der Waals surface area contributed by atoms with Crippen molar-refractivity contribution >= 4 is 17.2 Å². The second-order valence-corrected chi connectivity index (χ2v) is 6.15. The Balaban J connectivity index is 1.61. The first-order valence-electron chi connectivity index (χ1n) is 6.62. The Bertz CT molecular complexity index is 552. The molecule has 0 aromatic carbocycles. The smallest absolute Gasteiger partial charge is 0.261 e. The summed E-state index contributed by atoms with van der Waals surface area (Å²) in [6.07, 6.45) is 7.15. The van der Waals surface area contributed by atoms with Gasteiger partial charge in [-0.2, -0.15) is 5.10 Å². The van der Waals surface area contributed by atoms with Gasteiger partial charge in [-0.05, 0) is 43.9 Å². The van der Waals surface area contributed by atoms with Crippen molar-refractivity contribution in [3.8, 4) is 0 Å². The Kier molecular flexibility index (Phi) is 3.38. The van der Waals surface area contributed by atoms with Crippen molar-refractivity contribution in [2.45, 2.75) is 38.8 Å². The molecule has 19 heavy (non-hydrogen) atoms. The van der Waals surface area contributed by atoms with Gasteiger partial charge >= 0.3 is 0 Å². The molecule has 0 spiro atoms. The Hall–Kier alpha value is -1.62. The van der Waals surface area contributed by atoms with Crippen LogP contribution in [0.1, 0.15) is 33.5 Å². The SMILES string of the molecule is C[C@@H](Cn1cccn1)NC(=O)c1cc2c(s1)CCC2. The molecule has 0 bridgehead atoms. The second kappa shape index (κ2) is 5.17. The number of hydrogen-bond acceptors (Lipinski definition) is 3. The van der Waals surface area contributed by atoms with E-state index >= 15 is 0 Å². The van der Waals surface area contributed by atoms with E-state index in [1.807, 2.05) is 23.9 Å². The minimum atomic E-state index is 0.0408. The van der Waals surface area contributed by atoms with Gasteiger partial charge in [0.15, 0.2) is 0 Å². The van der Waals surface area contributed by atoms with E-state index in [4.69, 9.17) is 0 Å². The van der Waals surface area contributed by atoms with Crippen LogP contribution in [-0.2, 0) is 19.4 Å². The number of carbonyl (C=O) groups excluding carboxylic acids is 1. The highest BCUT2D eigenvalue weighted by molar-refractivity contribution is 7.14. The van der Waals surface area contributed by atoms with Crippen LogP contribution in [0.4, 0.5) is 0 Å². The molecule has 0 saturated carbocycles. The molecule has 100 valence electrons. The number of nitrogens with zero attached hydrogens (tertiary/aromatic N) is 2. The van der Waals surface area contributed by atoms with E-state index in [9.17, 15) is 4.79 Å². The summed E-state index contributed by atoms with van der Waals surface area (Å²) in [5.41, 5.74) is 1.37. The van der Waals surface area contributed by atoms with E-state index < -0.39 is 0 Å². The van der Waals surface area contributed by atoms with Crippen molar-refractivity contribution in [2.24, 2.45) is 0 Å². The minimum Gasteiger partial charge on any atom is -0.347 e. The van der Waals surface area contributed by atoms with Crippen molar-refractivity contribution in [2.75, 3.05) is 0 Å². The van der Waals surface area contributed by atoms with Gasteiger partial charge in [-0.1, -0.05) is 0 Å². The molecule has 0 radical (unpaired) electrons. The molecule has 2 aromatic rings. The Labute approximate surface area is 116 Å². The number of thiophene rings is 1. The van der Waals surface area contributed by atoms with Crippen molar-refractivity contribution in [1.29, 1.82) is 0 Å². The fourth-order valence-corrected chi connectivity index (χ4v) is 3.63. The summed E-state index contributed by atoms with van der Waals surface area (Å²) in [5, 5.41) is 7.18. The van der Waals surface area contributed by atoms with Crippen LogP contribution in [0, 0.1) is 0 Å². The molecular formula is C14H17N3OS. The van der Waals surface area contributed by atoms with Gasteiger partial charge in [0, 0.05) is 23.3 Å². The van der Waals surface area contributed by atoms with Crippen molar-refractivity contribution < 1.29 is 4.79 Å². The van der Waals surface area contributed by atoms with Crippen molar-refractivity contribution in [3.05, 3.63) is 39.8 Å². The van der Waals surface area contributed by atoms with Crippen LogP contribution < -0.4 is 5.32 Å². The van der Waals surface area contributed by atoms with Crippen LogP contribution in [0.3, 0.4) is 0 Å². The standard InChI is InChI=1S/C14H17N3OS/c1-10(9-17-7-3-6-15-17)16-14(18)13-8-11-4-2-5-12(11)19-13/h3,6-8,10H,2,4-5,9H2,1H3,(H,16,18)/t10-/m0/s1. The van der Waals surface area contributed by atoms with E-state index in [1.165, 1.54) is 16.9 Å². The Morgan fingerprint density at radius 2 is 2.47 bits per heavy atom. The Morgan fingerprint density at radius 3 is 3.21 bits per heavy atom. The van der Waals surface area contributed by atoms with Gasteiger partial charge in [-0.25, -0.2) is 0 Å². The summed E-state index contributed by atoms with van der Waals surface area (Å²) in [6.45, 7) is 2.70. The number of rotatable bonds is 4. The molecule has 5 heteroatoms. The first-order chi connectivity index (χ1) is 9.22. The summed E-state index contributed by atoms with van der Waals surface area (Å²) in [5.74, 6) is 0.0408. The fourth-order valence-electron chi connectivity index (χ4n) is 2.47. The van der Waals surface area contributed by atoms with Gasteiger partial charge in [0.25, 0.3) is 5.91 Å². The molecule has 3 rings (SSSR count). The third-order valence-corrected chi connectivity index (χ3v) is 4.60. The second-order valence-electron chi connectivity index (χ2n) is 5.02. The first-order valence-corrected chi connectivity index (χ1v) is 7.44. The molecule has 0 fully saturated rings. The average molecular weight is 275 g/mol. The van der Waals surface area contributed by atoms with E-state index in [0.717, 1.165) is 17.7 Å². The van der Waals surface area contributed by atoms with Crippen LogP contribution in [0.25, 0.3) is 0 Å². The lowest BCUT2D eigenvalue weighted by Crippen LogP contribution is -2.35. The Morgan fingerprint density at radius 1 is 1.58 bits per heavy atom. The summed E-state index contributed by atoms with van der Waals surface area (Å²) in [6, 6.07) is 4.02. The minimum absolute atomic E-state index is 0.0408. The van der Waals surface area contributed by atoms with Gasteiger partial charge < -0.3 is 5.32 Å². The lowest BCUT2D eigenvalue weighted by molar-refractivity contribution is 0.0940. The molecule has 0 unspecified atom stereocenters. The van der Waals surface area contributed by atoms with E-state index in [0.29, 0.717) is 6.54 Å². The zero-order valence-corrected chi connectivity index (χ0v) is 11.7. The van der Waals surface area contributed by atoms with Crippen LogP contribution in [-0.4, -0.2) is 21.7 Å². The zero-order chi connectivity index (χ0) is 13.2. The maximum Gasteiger partial charge on any atom is 0.261 e. The van der Waals surface area contributed by atoms with Gasteiger partial charge in [-0.3, -0.25) is 9.48 Å². The molecule has 1 amide bonds. The number of nitrogens with one attached hydrogen (secondary N) is 1. The summed E-state index contributed by atoms with van der Waals surface area (Å²) in [7, 11) is 0. The molecule has 1 aliphatic carbocycles. The number of amides is 1. The molecule has 0 saturated heterocycles. The number of aromatic nitrogens is 2. The maximum absolute atomic E-state index is 12.2. The third-order valence-electron chi connectivity index (χ3n) is 3.37. The number of carbonyl (C=O) groups is 1. The number of fused-ring (bicyclic) bond motifs is 1. The number of hydrogen-bond donors (Lipinski definition) is 1. The normalized spacial score (nSPS) is 15.2. The number of aryl methyl sites for hydroxylation is 2. The molecule has 1 aliphatic rings. The monoisotopic (exact) mass is 275 g/mol. The molecule has 1 N–H and O–H groups in total. The quantitative estimate of drug-likeness (QED) is 0.930. The van der Waals surface area contributed by atoms with Gasteiger partial charge in [-0.15, -0.1) is 11.3 Å². The molecule has 4 nitrogen and oxygen atoms in total. The largest absolute Gasteiger partial charge is 0.347 e. The summed E-state index contributed by atoms with van der Waals surface area (Å²) in [4.78, 5) is 14.4. The van der Waals surface area contributed by atoms with Crippen LogP contribution in [0.15, 0.2) is 24.5 Å². The van der Waals surface area contributed by atoms with Gasteiger partial charge in [0.1, 0.15) is 0 Å². The molecular weight excluding hydrogens is 258 g/mol. The topological polar surface area (TPSA) is 46.9 Å². The first kappa shape index (κ1) is 12.4. The van der Waals surface area contributed by atoms with Gasteiger partial charge in [0.05, 0.1) is 11.4 Å². The highest BCUT2D eigenvalue weighted by atomic mass is 32.1. The van der Waals surface area contributed by atoms with Crippen molar-refractivity contribution in [3.63, 3.8) is 0 Å².